The summed E-state index contributed by atoms with van der Waals surface area (Å²) in [6.45, 7) is 0. The number of rotatable bonds is 5. The SMILES string of the molecule is C#CC(=O)/C=C(\N)C(=O)Nc1ccc(N)c(C(=N)c2ccoc2)c1. The van der Waals surface area contributed by atoms with Crippen molar-refractivity contribution in [1.29, 1.82) is 5.41 Å². The molecule has 2 aromatic rings. The molecule has 24 heavy (non-hydrogen) atoms. The Balaban J connectivity index is 2.24. The standard InChI is InChI=1S/C17H14N4O3/c1-2-12(22)8-15(19)17(23)21-11-3-4-14(18)13(7-11)16(20)10-5-6-24-9-10/h1,3-9,20H,18-19H2,(H,21,23)/b15-8-,20-16?. The lowest BCUT2D eigenvalue weighted by Crippen LogP contribution is -2.21. The van der Waals surface area contributed by atoms with Gasteiger partial charge in [-0.3, -0.25) is 15.0 Å². The third-order valence-electron chi connectivity index (χ3n) is 3.08. The van der Waals surface area contributed by atoms with Gasteiger partial charge in [0.25, 0.3) is 5.91 Å². The summed E-state index contributed by atoms with van der Waals surface area (Å²) in [7, 11) is 0. The first-order valence-electron chi connectivity index (χ1n) is 6.72. The molecule has 0 saturated carbocycles. The lowest BCUT2D eigenvalue weighted by molar-refractivity contribution is -0.114. The van der Waals surface area contributed by atoms with Gasteiger partial charge in [-0.25, -0.2) is 0 Å². The zero-order valence-corrected chi connectivity index (χ0v) is 12.5. The molecular formula is C17H14N4O3. The molecule has 6 N–H and O–H groups in total. The summed E-state index contributed by atoms with van der Waals surface area (Å²) in [5.74, 6) is 0.436. The fourth-order valence-electron chi connectivity index (χ4n) is 1.86. The van der Waals surface area contributed by atoms with Crippen molar-refractivity contribution in [3.8, 4) is 12.3 Å². The molecule has 0 saturated heterocycles. The number of amides is 1. The van der Waals surface area contributed by atoms with Crippen LogP contribution in [0.25, 0.3) is 0 Å². The summed E-state index contributed by atoms with van der Waals surface area (Å²) in [5.41, 5.74) is 12.9. The maximum absolute atomic E-state index is 11.9. The lowest BCUT2D eigenvalue weighted by Gasteiger charge is -2.10. The first kappa shape index (κ1) is 16.6. The number of ketones is 1. The van der Waals surface area contributed by atoms with Crippen LogP contribution in [0.1, 0.15) is 11.1 Å². The Morgan fingerprint density at radius 3 is 2.71 bits per heavy atom. The Labute approximate surface area is 137 Å². The molecule has 0 atom stereocenters. The number of nitrogens with one attached hydrogen (secondary N) is 2. The molecule has 2 rings (SSSR count). The van der Waals surface area contributed by atoms with Crippen molar-refractivity contribution in [2.45, 2.75) is 0 Å². The number of hydrogen-bond donors (Lipinski definition) is 4. The van der Waals surface area contributed by atoms with Crippen molar-refractivity contribution in [1.82, 2.24) is 0 Å². The van der Waals surface area contributed by atoms with E-state index in [-0.39, 0.29) is 11.4 Å². The molecule has 7 heteroatoms. The van der Waals surface area contributed by atoms with Crippen LogP contribution >= 0.6 is 0 Å². The summed E-state index contributed by atoms with van der Waals surface area (Å²) in [5, 5.41) is 10.7. The Kier molecular flexibility index (Phi) is 4.82. The summed E-state index contributed by atoms with van der Waals surface area (Å²) in [6.07, 6.45) is 8.63. The topological polar surface area (TPSA) is 135 Å². The molecule has 1 aromatic heterocycles. The van der Waals surface area contributed by atoms with Gasteiger partial charge in [0.15, 0.2) is 0 Å². The zero-order chi connectivity index (χ0) is 17.7. The van der Waals surface area contributed by atoms with Gasteiger partial charge in [0.2, 0.25) is 5.78 Å². The Hall–Kier alpha value is -3.79. The molecular weight excluding hydrogens is 308 g/mol. The number of hydrogen-bond acceptors (Lipinski definition) is 6. The highest BCUT2D eigenvalue weighted by atomic mass is 16.3. The summed E-state index contributed by atoms with van der Waals surface area (Å²) in [4.78, 5) is 23.0. The normalized spacial score (nSPS) is 10.7. The van der Waals surface area contributed by atoms with Crippen LogP contribution in [0.5, 0.6) is 0 Å². The molecule has 7 nitrogen and oxygen atoms in total. The van der Waals surface area contributed by atoms with Gasteiger partial charge >= 0.3 is 0 Å². The molecule has 1 aromatic carbocycles. The van der Waals surface area contributed by atoms with Crippen LogP contribution < -0.4 is 16.8 Å². The van der Waals surface area contributed by atoms with E-state index in [1.807, 2.05) is 5.92 Å². The number of nitrogen functional groups attached to an aromatic ring is 1. The summed E-state index contributed by atoms with van der Waals surface area (Å²) < 4.78 is 4.95. The molecule has 0 fully saturated rings. The number of furan rings is 1. The molecule has 0 unspecified atom stereocenters. The Morgan fingerprint density at radius 2 is 2.08 bits per heavy atom. The Morgan fingerprint density at radius 1 is 1.33 bits per heavy atom. The van der Waals surface area contributed by atoms with E-state index in [0.29, 0.717) is 22.5 Å². The molecule has 0 spiro atoms. The number of terminal acetylenes is 1. The number of nitrogens with two attached hydrogens (primary N) is 2. The smallest absolute Gasteiger partial charge is 0.271 e. The van der Waals surface area contributed by atoms with Gasteiger partial charge in [-0.15, -0.1) is 6.42 Å². The van der Waals surface area contributed by atoms with Gasteiger partial charge in [0, 0.05) is 28.6 Å². The van der Waals surface area contributed by atoms with Crippen molar-refractivity contribution >= 4 is 28.8 Å². The third kappa shape index (κ3) is 3.69. The molecule has 1 amide bonds. The minimum absolute atomic E-state index is 0.142. The minimum Gasteiger partial charge on any atom is -0.472 e. The predicted molar refractivity (Wildman–Crippen MR) is 90.2 cm³/mol. The minimum atomic E-state index is -0.706. The zero-order valence-electron chi connectivity index (χ0n) is 12.5. The highest BCUT2D eigenvalue weighted by Crippen LogP contribution is 2.21. The van der Waals surface area contributed by atoms with Crippen molar-refractivity contribution in [3.63, 3.8) is 0 Å². The van der Waals surface area contributed by atoms with Crippen LogP contribution in [0.2, 0.25) is 0 Å². The van der Waals surface area contributed by atoms with Gasteiger partial charge < -0.3 is 21.2 Å². The molecule has 120 valence electrons. The van der Waals surface area contributed by atoms with Crippen LogP contribution in [0.4, 0.5) is 11.4 Å². The van der Waals surface area contributed by atoms with Crippen LogP contribution in [0, 0.1) is 17.8 Å². The Bertz CT molecular complexity index is 874. The van der Waals surface area contributed by atoms with Crippen LogP contribution in [-0.2, 0) is 9.59 Å². The van der Waals surface area contributed by atoms with E-state index in [1.54, 1.807) is 18.2 Å². The first-order chi connectivity index (χ1) is 11.4. The fraction of sp³-hybridized carbons (Fsp3) is 0. The second kappa shape index (κ2) is 6.98. The van der Waals surface area contributed by atoms with E-state index in [9.17, 15) is 9.59 Å². The molecule has 0 bridgehead atoms. The third-order valence-corrected chi connectivity index (χ3v) is 3.08. The summed E-state index contributed by atoms with van der Waals surface area (Å²) >= 11 is 0. The van der Waals surface area contributed by atoms with E-state index in [2.05, 4.69) is 5.32 Å². The van der Waals surface area contributed by atoms with Crippen LogP contribution in [0.15, 0.2) is 53.0 Å². The van der Waals surface area contributed by atoms with Gasteiger partial charge in [-0.05, 0) is 30.2 Å². The molecule has 0 aliphatic rings. The average molecular weight is 322 g/mol. The van der Waals surface area contributed by atoms with Gasteiger partial charge in [-0.1, -0.05) is 0 Å². The average Bonchev–Trinajstić information content (AvgIpc) is 3.10. The van der Waals surface area contributed by atoms with Gasteiger partial charge in [0.05, 0.1) is 18.2 Å². The quantitative estimate of drug-likeness (QED) is 0.216. The molecule has 0 aliphatic heterocycles. The van der Waals surface area contributed by atoms with Crippen molar-refractivity contribution in [2.24, 2.45) is 5.73 Å². The van der Waals surface area contributed by atoms with E-state index in [1.165, 1.54) is 18.6 Å². The van der Waals surface area contributed by atoms with Crippen molar-refractivity contribution < 1.29 is 14.0 Å². The van der Waals surface area contributed by atoms with Gasteiger partial charge in [0.1, 0.15) is 5.70 Å². The second-order valence-electron chi connectivity index (χ2n) is 4.75. The van der Waals surface area contributed by atoms with Gasteiger partial charge in [-0.2, -0.15) is 0 Å². The molecule has 0 aliphatic carbocycles. The maximum Gasteiger partial charge on any atom is 0.271 e. The van der Waals surface area contributed by atoms with E-state index < -0.39 is 11.7 Å². The number of allylic oxidation sites excluding steroid dienone is 1. The fourth-order valence-corrected chi connectivity index (χ4v) is 1.86. The van der Waals surface area contributed by atoms with E-state index in [0.717, 1.165) is 6.08 Å². The predicted octanol–water partition coefficient (Wildman–Crippen LogP) is 1.26. The summed E-state index contributed by atoms with van der Waals surface area (Å²) in [6, 6.07) is 6.25. The largest absolute Gasteiger partial charge is 0.472 e. The van der Waals surface area contributed by atoms with Crippen LogP contribution in [-0.4, -0.2) is 17.4 Å². The highest BCUT2D eigenvalue weighted by Gasteiger charge is 2.13. The van der Waals surface area contributed by atoms with E-state index in [4.69, 9.17) is 27.7 Å². The highest BCUT2D eigenvalue weighted by molar-refractivity contribution is 6.15. The number of anilines is 2. The number of benzene rings is 1. The number of carbonyl (C=O) groups is 2. The molecule has 0 radical (unpaired) electrons. The number of carbonyl (C=O) groups excluding carboxylic acids is 2. The van der Waals surface area contributed by atoms with Crippen molar-refractivity contribution in [2.75, 3.05) is 11.1 Å². The monoisotopic (exact) mass is 322 g/mol. The van der Waals surface area contributed by atoms with Crippen molar-refractivity contribution in [3.05, 3.63) is 59.7 Å². The molecule has 1 heterocycles. The lowest BCUT2D eigenvalue weighted by atomic mass is 10.0. The van der Waals surface area contributed by atoms with Crippen LogP contribution in [0.3, 0.4) is 0 Å². The first-order valence-corrected chi connectivity index (χ1v) is 6.72. The second-order valence-corrected chi connectivity index (χ2v) is 4.75. The maximum atomic E-state index is 11.9. The van der Waals surface area contributed by atoms with E-state index >= 15 is 0 Å².